The van der Waals surface area contributed by atoms with E-state index < -0.39 is 12.0 Å². The van der Waals surface area contributed by atoms with Gasteiger partial charge in [-0.05, 0) is 71.6 Å². The number of hydrogen-bond donors (Lipinski definition) is 2. The molecule has 0 aromatic carbocycles. The maximum atomic E-state index is 13.2. The fourth-order valence-corrected chi connectivity index (χ4v) is 7.36. The fourth-order valence-electron chi connectivity index (χ4n) is 5.25. The Labute approximate surface area is 280 Å². The van der Waals surface area contributed by atoms with Gasteiger partial charge in [-0.15, -0.1) is 0 Å². The van der Waals surface area contributed by atoms with Crippen LogP contribution in [0.3, 0.4) is 0 Å². The maximum absolute atomic E-state index is 13.2. The van der Waals surface area contributed by atoms with E-state index in [0.29, 0.717) is 18.9 Å². The lowest BCUT2D eigenvalue weighted by molar-refractivity contribution is -0.143. The maximum Gasteiger partial charge on any atom is 0.331 e. The molecule has 0 unspecified atom stereocenters. The number of aliphatic hydroxyl groups is 1. The van der Waals surface area contributed by atoms with Crippen LogP contribution in [0.5, 0.6) is 0 Å². The van der Waals surface area contributed by atoms with Crippen LogP contribution in [-0.4, -0.2) is 52.5 Å². The summed E-state index contributed by atoms with van der Waals surface area (Å²) in [7, 11) is 3.40. The van der Waals surface area contributed by atoms with Gasteiger partial charge in [-0.25, -0.2) is 4.79 Å². The second kappa shape index (κ2) is 20.1. The second-order valence-corrected chi connectivity index (χ2v) is 16.4. The number of ketones is 1. The van der Waals surface area contributed by atoms with Crippen LogP contribution in [0.25, 0.3) is 0 Å². The van der Waals surface area contributed by atoms with Crippen molar-refractivity contribution >= 4 is 39.2 Å². The average Bonchev–Trinajstić information content (AvgIpc) is 2.95. The predicted octanol–water partition coefficient (Wildman–Crippen LogP) is 8.22. The highest BCUT2D eigenvalue weighted by atomic mass is 33.1. The van der Waals surface area contributed by atoms with Gasteiger partial charge in [0.05, 0.1) is 6.10 Å². The Bertz CT molecular complexity index is 1180. The van der Waals surface area contributed by atoms with Crippen molar-refractivity contribution < 1.29 is 24.2 Å². The van der Waals surface area contributed by atoms with Crippen molar-refractivity contribution in [3.63, 3.8) is 0 Å². The quantitative estimate of drug-likeness (QED) is 0.0663. The van der Waals surface area contributed by atoms with Crippen molar-refractivity contribution in [1.82, 2.24) is 5.32 Å². The summed E-state index contributed by atoms with van der Waals surface area (Å²) < 4.78 is 5.31. The number of cyclic esters (lactones) is 1. The fraction of sp³-hybridized carbons (Fsp3) is 0.595. The normalized spacial score (nSPS) is 21.9. The Kier molecular flexibility index (Phi) is 18.2. The van der Waals surface area contributed by atoms with E-state index in [1.54, 1.807) is 34.6 Å². The van der Waals surface area contributed by atoms with Crippen LogP contribution >= 0.6 is 21.6 Å². The lowest BCUT2D eigenvalue weighted by Gasteiger charge is -2.26. The van der Waals surface area contributed by atoms with Gasteiger partial charge in [-0.2, -0.15) is 0 Å². The van der Waals surface area contributed by atoms with E-state index in [-0.39, 0.29) is 46.3 Å². The van der Waals surface area contributed by atoms with Crippen molar-refractivity contribution in [1.29, 1.82) is 0 Å². The minimum atomic E-state index is -0.803. The zero-order valence-electron chi connectivity index (χ0n) is 29.3. The third kappa shape index (κ3) is 16.2. The summed E-state index contributed by atoms with van der Waals surface area (Å²) in [4.78, 5) is 37.1. The van der Waals surface area contributed by atoms with Gasteiger partial charge in [-0.1, -0.05) is 109 Å². The van der Waals surface area contributed by atoms with Gasteiger partial charge in [0.15, 0.2) is 0 Å². The standard InChI is InChI=1S/C37H57NO5S2/c1-24(19-26(3)15-17-32-28(5)16-18-34(40)43-32)13-12-14-25(2)20-29(6)35(41)31(8)36(42)30(7)21-27(4)22-33(39)38-23-37(9,10)45-44-11/h12,14-20,22,24,28-32,36,42H,13,21,23H2,1-11H3,(H,38,39)/t24-,28+,29-,30+,31-,32+,36-/m1/s1. The molecule has 1 aliphatic rings. The second-order valence-electron chi connectivity index (χ2n) is 13.3. The van der Waals surface area contributed by atoms with E-state index in [1.165, 1.54) is 6.08 Å². The minimum Gasteiger partial charge on any atom is -0.454 e. The first-order valence-electron chi connectivity index (χ1n) is 15.9. The SMILES string of the molecule is CSSC(C)(C)CNC(=O)C=C(C)C[C@H](C)[C@@H](O)[C@H](C)C(=O)[C@H](C)C=C(C)C=CC[C@@H](C)C=C(C)C=C[C@@H]1OC(=O)C=C[C@@H]1C. The number of Topliss-reactive ketones (excluding diaryl/α,β-unsaturated/α-hetero) is 1. The molecule has 0 fully saturated rings. The molecule has 7 atom stereocenters. The van der Waals surface area contributed by atoms with Gasteiger partial charge < -0.3 is 15.2 Å². The lowest BCUT2D eigenvalue weighted by atomic mass is 9.83. The number of carbonyl (C=O) groups excluding carboxylic acids is 3. The Morgan fingerprint density at radius 3 is 2.38 bits per heavy atom. The third-order valence-corrected chi connectivity index (χ3v) is 10.4. The number of carbonyl (C=O) groups is 3. The molecule has 0 aromatic heterocycles. The molecule has 45 heavy (non-hydrogen) atoms. The Morgan fingerprint density at radius 1 is 1.09 bits per heavy atom. The third-order valence-electron chi connectivity index (χ3n) is 7.82. The van der Waals surface area contributed by atoms with E-state index in [4.69, 9.17) is 4.74 Å². The molecule has 1 aliphatic heterocycles. The topological polar surface area (TPSA) is 92.7 Å². The summed E-state index contributed by atoms with van der Waals surface area (Å²) in [5.41, 5.74) is 2.99. The van der Waals surface area contributed by atoms with E-state index in [9.17, 15) is 19.5 Å². The van der Waals surface area contributed by atoms with Crippen LogP contribution in [0.1, 0.15) is 82.1 Å². The summed E-state index contributed by atoms with van der Waals surface area (Å²) in [5.74, 6) is -0.980. The molecule has 8 heteroatoms. The van der Waals surface area contributed by atoms with Gasteiger partial charge in [-0.3, -0.25) is 9.59 Å². The molecule has 1 rings (SSSR count). The van der Waals surface area contributed by atoms with Gasteiger partial charge in [0.1, 0.15) is 11.9 Å². The van der Waals surface area contributed by atoms with E-state index in [1.807, 2.05) is 78.2 Å². The van der Waals surface area contributed by atoms with Crippen LogP contribution < -0.4 is 5.32 Å². The van der Waals surface area contributed by atoms with Crippen LogP contribution in [0, 0.1) is 29.6 Å². The zero-order valence-corrected chi connectivity index (χ0v) is 30.9. The van der Waals surface area contributed by atoms with Crippen molar-refractivity contribution in [3.05, 3.63) is 71.4 Å². The number of rotatable bonds is 18. The van der Waals surface area contributed by atoms with Crippen molar-refractivity contribution in [2.24, 2.45) is 29.6 Å². The Balaban J connectivity index is 2.62. The summed E-state index contributed by atoms with van der Waals surface area (Å²) >= 11 is 0. The average molecular weight is 660 g/mol. The molecule has 1 heterocycles. The van der Waals surface area contributed by atoms with Crippen LogP contribution in [0.2, 0.25) is 0 Å². The first-order valence-corrected chi connectivity index (χ1v) is 18.5. The monoisotopic (exact) mass is 659 g/mol. The smallest absolute Gasteiger partial charge is 0.331 e. The van der Waals surface area contributed by atoms with E-state index in [2.05, 4.69) is 38.2 Å². The molecule has 2 N–H and O–H groups in total. The number of aliphatic hydroxyl groups excluding tert-OH is 1. The van der Waals surface area contributed by atoms with Crippen LogP contribution in [0.4, 0.5) is 0 Å². The van der Waals surface area contributed by atoms with Crippen LogP contribution in [-0.2, 0) is 19.1 Å². The summed E-state index contributed by atoms with van der Waals surface area (Å²) in [6.45, 7) is 20.4. The van der Waals surface area contributed by atoms with Crippen molar-refractivity contribution in [2.45, 2.75) is 99.0 Å². The predicted molar refractivity (Wildman–Crippen MR) is 193 cm³/mol. The number of nitrogens with one attached hydrogen (secondary N) is 1. The highest BCUT2D eigenvalue weighted by Gasteiger charge is 2.29. The number of esters is 1. The molecule has 0 aromatic rings. The molecule has 252 valence electrons. The number of amides is 1. The van der Waals surface area contributed by atoms with Crippen molar-refractivity contribution in [3.8, 4) is 0 Å². The van der Waals surface area contributed by atoms with E-state index in [0.717, 1.165) is 23.1 Å². The summed E-state index contributed by atoms with van der Waals surface area (Å²) in [6, 6.07) is 0. The zero-order chi connectivity index (χ0) is 34.3. The van der Waals surface area contributed by atoms with Gasteiger partial charge in [0, 0.05) is 41.2 Å². The van der Waals surface area contributed by atoms with Gasteiger partial charge >= 0.3 is 5.97 Å². The molecule has 0 saturated carbocycles. The van der Waals surface area contributed by atoms with Crippen molar-refractivity contribution in [2.75, 3.05) is 12.8 Å². The Morgan fingerprint density at radius 2 is 1.73 bits per heavy atom. The highest BCUT2D eigenvalue weighted by molar-refractivity contribution is 8.77. The summed E-state index contributed by atoms with van der Waals surface area (Å²) in [6.07, 6.45) is 19.6. The Hall–Kier alpha value is -2.29. The number of hydrogen-bond acceptors (Lipinski definition) is 7. The molecule has 0 spiro atoms. The molecule has 1 amide bonds. The molecule has 0 saturated heterocycles. The van der Waals surface area contributed by atoms with Crippen LogP contribution in [0.15, 0.2) is 71.4 Å². The molecule has 0 aliphatic carbocycles. The first-order chi connectivity index (χ1) is 20.9. The van der Waals surface area contributed by atoms with Gasteiger partial charge in [0.25, 0.3) is 0 Å². The molecule has 6 nitrogen and oxygen atoms in total. The number of allylic oxidation sites excluding steroid dienone is 8. The first kappa shape index (κ1) is 40.7. The largest absolute Gasteiger partial charge is 0.454 e. The molecular weight excluding hydrogens is 603 g/mol. The lowest BCUT2D eigenvalue weighted by Crippen LogP contribution is -2.35. The minimum absolute atomic E-state index is 0.00201. The van der Waals surface area contributed by atoms with E-state index >= 15 is 0 Å². The highest BCUT2D eigenvalue weighted by Crippen LogP contribution is 2.32. The molecule has 0 radical (unpaired) electrons. The molecular formula is C37H57NO5S2. The van der Waals surface area contributed by atoms with Gasteiger partial charge in [0.2, 0.25) is 5.91 Å². The number of ether oxygens (including phenoxy) is 1. The summed E-state index contributed by atoms with van der Waals surface area (Å²) in [5, 5.41) is 13.9. The molecule has 0 bridgehead atoms.